The molecule has 0 heterocycles. The maximum absolute atomic E-state index is 11.9. The van der Waals surface area contributed by atoms with Crippen molar-refractivity contribution >= 4 is 21.6 Å². The van der Waals surface area contributed by atoms with Crippen LogP contribution in [0, 0.1) is 12.8 Å². The smallest absolute Gasteiger partial charge is 0.212 e. The molecule has 102 valence electrons. The van der Waals surface area contributed by atoms with E-state index in [1.54, 1.807) is 0 Å². The largest absolute Gasteiger partial charge is 0.212 e. The summed E-state index contributed by atoms with van der Waals surface area (Å²) in [4.78, 5) is 0. The van der Waals surface area contributed by atoms with Gasteiger partial charge in [-0.05, 0) is 25.3 Å². The SMILES string of the molecule is Cc1ccc([C@H](C)NS(=O)(=O)CC(C)CCl)cc1. The second kappa shape index (κ2) is 6.55. The van der Waals surface area contributed by atoms with E-state index in [1.165, 1.54) is 0 Å². The van der Waals surface area contributed by atoms with Crippen molar-refractivity contribution in [2.45, 2.75) is 26.8 Å². The lowest BCUT2D eigenvalue weighted by Gasteiger charge is -2.16. The van der Waals surface area contributed by atoms with Gasteiger partial charge < -0.3 is 0 Å². The summed E-state index contributed by atoms with van der Waals surface area (Å²) in [7, 11) is -3.28. The molecule has 0 saturated carbocycles. The standard InChI is InChI=1S/C13H20ClNO2S/c1-10-4-6-13(7-5-10)12(3)15-18(16,17)9-11(2)8-14/h4-7,11-12,15H,8-9H2,1-3H3/t11?,12-/m0/s1. The van der Waals surface area contributed by atoms with Gasteiger partial charge in [0.05, 0.1) is 5.75 Å². The zero-order valence-corrected chi connectivity index (χ0v) is 12.6. The first-order valence-electron chi connectivity index (χ1n) is 5.96. The fourth-order valence-electron chi connectivity index (χ4n) is 1.66. The van der Waals surface area contributed by atoms with Gasteiger partial charge in [-0.2, -0.15) is 0 Å². The highest BCUT2D eigenvalue weighted by molar-refractivity contribution is 7.89. The fourth-order valence-corrected chi connectivity index (χ4v) is 3.54. The molecule has 1 aromatic rings. The molecule has 18 heavy (non-hydrogen) atoms. The molecule has 1 rings (SSSR count). The van der Waals surface area contributed by atoms with Crippen molar-refractivity contribution in [1.29, 1.82) is 0 Å². The Hall–Kier alpha value is -0.580. The molecule has 0 aliphatic heterocycles. The molecule has 0 radical (unpaired) electrons. The average Bonchev–Trinajstić information content (AvgIpc) is 2.28. The fraction of sp³-hybridized carbons (Fsp3) is 0.538. The number of alkyl halides is 1. The average molecular weight is 290 g/mol. The van der Waals surface area contributed by atoms with Gasteiger partial charge in [-0.25, -0.2) is 13.1 Å². The molecule has 1 N–H and O–H groups in total. The van der Waals surface area contributed by atoms with Gasteiger partial charge in [0.15, 0.2) is 0 Å². The van der Waals surface area contributed by atoms with Crippen LogP contribution in [0.1, 0.15) is 31.0 Å². The van der Waals surface area contributed by atoms with Gasteiger partial charge in [0.1, 0.15) is 0 Å². The van der Waals surface area contributed by atoms with Crippen LogP contribution in [0.2, 0.25) is 0 Å². The highest BCUT2D eigenvalue weighted by Gasteiger charge is 2.18. The minimum absolute atomic E-state index is 0.0469. The summed E-state index contributed by atoms with van der Waals surface area (Å²) in [6, 6.07) is 7.60. The van der Waals surface area contributed by atoms with Gasteiger partial charge >= 0.3 is 0 Å². The summed E-state index contributed by atoms with van der Waals surface area (Å²) in [5.74, 6) is 0.362. The van der Waals surface area contributed by atoms with Crippen molar-refractivity contribution in [3.05, 3.63) is 35.4 Å². The summed E-state index contributed by atoms with van der Waals surface area (Å²) >= 11 is 5.64. The van der Waals surface area contributed by atoms with Gasteiger partial charge in [0.2, 0.25) is 10.0 Å². The van der Waals surface area contributed by atoms with Gasteiger partial charge in [0.25, 0.3) is 0 Å². The maximum Gasteiger partial charge on any atom is 0.212 e. The second-order valence-electron chi connectivity index (χ2n) is 4.79. The number of nitrogens with one attached hydrogen (secondary N) is 1. The molecule has 5 heteroatoms. The van der Waals surface area contributed by atoms with Crippen LogP contribution in [0.5, 0.6) is 0 Å². The third-order valence-corrected chi connectivity index (χ3v) is 4.95. The van der Waals surface area contributed by atoms with Crippen LogP contribution < -0.4 is 4.72 Å². The zero-order chi connectivity index (χ0) is 13.8. The highest BCUT2D eigenvalue weighted by Crippen LogP contribution is 2.15. The Labute approximate surface area is 115 Å². The van der Waals surface area contributed by atoms with Crippen molar-refractivity contribution < 1.29 is 8.42 Å². The van der Waals surface area contributed by atoms with Crippen molar-refractivity contribution in [1.82, 2.24) is 4.72 Å². The van der Waals surface area contributed by atoms with Gasteiger partial charge in [-0.15, -0.1) is 11.6 Å². The van der Waals surface area contributed by atoms with Crippen molar-refractivity contribution in [3.8, 4) is 0 Å². The van der Waals surface area contributed by atoms with Crippen LogP contribution >= 0.6 is 11.6 Å². The van der Waals surface area contributed by atoms with Gasteiger partial charge in [-0.3, -0.25) is 0 Å². The number of benzene rings is 1. The molecular weight excluding hydrogens is 270 g/mol. The van der Waals surface area contributed by atoms with E-state index in [1.807, 2.05) is 45.0 Å². The van der Waals surface area contributed by atoms with Crippen LogP contribution in [0.3, 0.4) is 0 Å². The van der Waals surface area contributed by atoms with E-state index in [4.69, 9.17) is 11.6 Å². The monoisotopic (exact) mass is 289 g/mol. The molecule has 0 bridgehead atoms. The lowest BCUT2D eigenvalue weighted by Crippen LogP contribution is -2.31. The number of halogens is 1. The number of sulfonamides is 1. The Bertz CT molecular complexity index is 470. The first-order valence-corrected chi connectivity index (χ1v) is 8.15. The quantitative estimate of drug-likeness (QED) is 0.819. The van der Waals surface area contributed by atoms with E-state index in [9.17, 15) is 8.42 Å². The minimum atomic E-state index is -3.28. The molecular formula is C13H20ClNO2S. The van der Waals surface area contributed by atoms with E-state index in [2.05, 4.69) is 4.72 Å². The molecule has 0 aliphatic carbocycles. The Morgan fingerprint density at radius 3 is 2.28 bits per heavy atom. The van der Waals surface area contributed by atoms with E-state index in [-0.39, 0.29) is 17.7 Å². The predicted molar refractivity (Wildman–Crippen MR) is 76.4 cm³/mol. The third-order valence-electron chi connectivity index (χ3n) is 2.70. The predicted octanol–water partition coefficient (Wildman–Crippen LogP) is 2.85. The summed E-state index contributed by atoms with van der Waals surface area (Å²) in [5, 5.41) is 0. The normalized spacial score (nSPS) is 15.3. The van der Waals surface area contributed by atoms with Crippen LogP contribution in [-0.2, 0) is 10.0 Å². The molecule has 0 saturated heterocycles. The Morgan fingerprint density at radius 1 is 1.22 bits per heavy atom. The summed E-state index contributed by atoms with van der Waals surface area (Å²) in [5.41, 5.74) is 2.12. The van der Waals surface area contributed by atoms with E-state index >= 15 is 0 Å². The Morgan fingerprint density at radius 2 is 1.78 bits per heavy atom. The zero-order valence-electron chi connectivity index (χ0n) is 11.0. The van der Waals surface area contributed by atoms with Crippen LogP contribution in [-0.4, -0.2) is 20.1 Å². The number of rotatable bonds is 6. The second-order valence-corrected chi connectivity index (χ2v) is 6.90. The number of hydrogen-bond acceptors (Lipinski definition) is 2. The molecule has 1 unspecified atom stereocenters. The van der Waals surface area contributed by atoms with Gasteiger partial charge in [0, 0.05) is 11.9 Å². The van der Waals surface area contributed by atoms with E-state index in [0.717, 1.165) is 11.1 Å². The molecule has 0 spiro atoms. The first kappa shape index (κ1) is 15.5. The van der Waals surface area contributed by atoms with Crippen molar-refractivity contribution in [3.63, 3.8) is 0 Å². The summed E-state index contributed by atoms with van der Waals surface area (Å²) < 4.78 is 26.4. The Kier molecular flexibility index (Phi) is 5.63. The lowest BCUT2D eigenvalue weighted by atomic mass is 10.1. The topological polar surface area (TPSA) is 46.2 Å². The summed E-state index contributed by atoms with van der Waals surface area (Å²) in [6.45, 7) is 5.66. The number of hydrogen-bond donors (Lipinski definition) is 1. The highest BCUT2D eigenvalue weighted by atomic mass is 35.5. The molecule has 0 aliphatic rings. The van der Waals surface area contributed by atoms with E-state index < -0.39 is 10.0 Å². The van der Waals surface area contributed by atoms with Gasteiger partial charge in [-0.1, -0.05) is 36.8 Å². The lowest BCUT2D eigenvalue weighted by molar-refractivity contribution is 0.555. The first-order chi connectivity index (χ1) is 8.34. The molecule has 1 aromatic carbocycles. The molecule has 0 fully saturated rings. The Balaban J connectivity index is 2.69. The van der Waals surface area contributed by atoms with Crippen molar-refractivity contribution in [2.75, 3.05) is 11.6 Å². The van der Waals surface area contributed by atoms with Crippen molar-refractivity contribution in [2.24, 2.45) is 5.92 Å². The maximum atomic E-state index is 11.9. The van der Waals surface area contributed by atoms with Crippen LogP contribution in [0.25, 0.3) is 0 Å². The van der Waals surface area contributed by atoms with E-state index in [0.29, 0.717) is 5.88 Å². The third kappa shape index (κ3) is 4.96. The molecule has 0 aromatic heterocycles. The molecule has 0 amide bonds. The summed E-state index contributed by atoms with van der Waals surface area (Å²) in [6.07, 6.45) is 0. The molecule has 2 atom stereocenters. The van der Waals surface area contributed by atoms with Crippen LogP contribution in [0.15, 0.2) is 24.3 Å². The molecule has 3 nitrogen and oxygen atoms in total. The number of aryl methyl sites for hydroxylation is 1. The van der Waals surface area contributed by atoms with Crippen LogP contribution in [0.4, 0.5) is 0 Å². The minimum Gasteiger partial charge on any atom is -0.212 e.